The molecule has 1 atom stereocenters. The van der Waals surface area contributed by atoms with Gasteiger partial charge in [0.2, 0.25) is 0 Å². The maximum absolute atomic E-state index is 12.0. The van der Waals surface area contributed by atoms with Gasteiger partial charge in [-0.05, 0) is 30.7 Å². The lowest BCUT2D eigenvalue weighted by molar-refractivity contribution is 0.0791. The lowest BCUT2D eigenvalue weighted by Gasteiger charge is -2.15. The minimum absolute atomic E-state index is 0. The number of carbonyl (C=O) groups excluding carboxylic acids is 1. The molecule has 1 aromatic carbocycles. The van der Waals surface area contributed by atoms with E-state index in [0.717, 1.165) is 18.7 Å². The summed E-state index contributed by atoms with van der Waals surface area (Å²) >= 11 is 0. The van der Waals surface area contributed by atoms with Crippen LogP contribution in [-0.4, -0.2) is 37.0 Å². The first-order valence-corrected chi connectivity index (χ1v) is 5.39. The Morgan fingerprint density at radius 1 is 1.41 bits per heavy atom. The van der Waals surface area contributed by atoms with Crippen LogP contribution in [0.5, 0.6) is 5.75 Å². The number of hydrogen-bond acceptors (Lipinski definition) is 3. The zero-order chi connectivity index (χ0) is 11.5. The predicted molar refractivity (Wildman–Crippen MR) is 68.7 cm³/mol. The first-order valence-electron chi connectivity index (χ1n) is 5.39. The average molecular weight is 257 g/mol. The SMILES string of the molecule is COc1ccc(C(=O)N2CC[C@@H](N)C2)cc1.Cl. The number of nitrogens with two attached hydrogens (primary N) is 1. The van der Waals surface area contributed by atoms with E-state index in [4.69, 9.17) is 10.5 Å². The quantitative estimate of drug-likeness (QED) is 0.868. The molecule has 1 aliphatic heterocycles. The van der Waals surface area contributed by atoms with Gasteiger partial charge in [-0.15, -0.1) is 12.4 Å². The lowest BCUT2D eigenvalue weighted by Crippen LogP contribution is -2.31. The predicted octanol–water partition coefficient (Wildman–Crippen LogP) is 1.29. The minimum Gasteiger partial charge on any atom is -0.497 e. The highest BCUT2D eigenvalue weighted by Gasteiger charge is 2.24. The van der Waals surface area contributed by atoms with Crippen LogP contribution in [0, 0.1) is 0 Å². The standard InChI is InChI=1S/C12H16N2O2.ClH/c1-16-11-4-2-9(3-5-11)12(15)14-7-6-10(13)8-14;/h2-5,10H,6-8,13H2,1H3;1H/t10-;/m1./s1. The highest BCUT2D eigenvalue weighted by Crippen LogP contribution is 2.15. The van der Waals surface area contributed by atoms with E-state index in [2.05, 4.69) is 0 Å². The number of hydrogen-bond donors (Lipinski definition) is 1. The topological polar surface area (TPSA) is 55.6 Å². The van der Waals surface area contributed by atoms with Crippen LogP contribution >= 0.6 is 12.4 Å². The smallest absolute Gasteiger partial charge is 0.253 e. The molecule has 4 nitrogen and oxygen atoms in total. The summed E-state index contributed by atoms with van der Waals surface area (Å²) in [4.78, 5) is 13.8. The van der Waals surface area contributed by atoms with E-state index in [1.807, 2.05) is 0 Å². The summed E-state index contributed by atoms with van der Waals surface area (Å²) in [5.41, 5.74) is 6.46. The Balaban J connectivity index is 0.00000144. The molecule has 17 heavy (non-hydrogen) atoms. The molecule has 1 aromatic rings. The van der Waals surface area contributed by atoms with Gasteiger partial charge < -0.3 is 15.4 Å². The summed E-state index contributed by atoms with van der Waals surface area (Å²) in [5, 5.41) is 0. The second-order valence-electron chi connectivity index (χ2n) is 4.03. The van der Waals surface area contributed by atoms with E-state index >= 15 is 0 Å². The van der Waals surface area contributed by atoms with Gasteiger partial charge in [0, 0.05) is 24.7 Å². The fraction of sp³-hybridized carbons (Fsp3) is 0.417. The van der Waals surface area contributed by atoms with Gasteiger partial charge in [-0.3, -0.25) is 4.79 Å². The number of nitrogens with zero attached hydrogens (tertiary/aromatic N) is 1. The normalized spacial score (nSPS) is 18.7. The van der Waals surface area contributed by atoms with Crippen LogP contribution in [0.1, 0.15) is 16.8 Å². The summed E-state index contributed by atoms with van der Waals surface area (Å²) in [5.74, 6) is 0.810. The Labute approximate surface area is 107 Å². The Morgan fingerprint density at radius 3 is 2.53 bits per heavy atom. The van der Waals surface area contributed by atoms with Gasteiger partial charge in [-0.1, -0.05) is 0 Å². The van der Waals surface area contributed by atoms with Crippen LogP contribution in [-0.2, 0) is 0 Å². The van der Waals surface area contributed by atoms with Crippen LogP contribution in [0.25, 0.3) is 0 Å². The van der Waals surface area contributed by atoms with E-state index in [1.165, 1.54) is 0 Å². The maximum Gasteiger partial charge on any atom is 0.253 e. The number of ether oxygens (including phenoxy) is 1. The van der Waals surface area contributed by atoms with Gasteiger partial charge in [-0.25, -0.2) is 0 Å². The Morgan fingerprint density at radius 2 is 2.06 bits per heavy atom. The molecule has 2 rings (SSSR count). The van der Waals surface area contributed by atoms with Crippen molar-refractivity contribution in [2.24, 2.45) is 5.73 Å². The van der Waals surface area contributed by atoms with Crippen molar-refractivity contribution >= 4 is 18.3 Å². The van der Waals surface area contributed by atoms with Crippen molar-refractivity contribution in [3.05, 3.63) is 29.8 Å². The van der Waals surface area contributed by atoms with Crippen molar-refractivity contribution in [3.63, 3.8) is 0 Å². The number of carbonyl (C=O) groups is 1. The molecular formula is C12H17ClN2O2. The summed E-state index contributed by atoms with van der Waals surface area (Å²) in [6.45, 7) is 1.41. The fourth-order valence-electron chi connectivity index (χ4n) is 1.89. The van der Waals surface area contributed by atoms with E-state index in [0.29, 0.717) is 12.1 Å². The first kappa shape index (κ1) is 13.8. The molecule has 0 radical (unpaired) electrons. The Kier molecular flexibility index (Phi) is 4.78. The Hall–Kier alpha value is -1.26. The highest BCUT2D eigenvalue weighted by atomic mass is 35.5. The van der Waals surface area contributed by atoms with Crippen LogP contribution in [0.2, 0.25) is 0 Å². The molecule has 94 valence electrons. The molecule has 0 spiro atoms. The van der Waals surface area contributed by atoms with Gasteiger partial charge in [0.15, 0.2) is 0 Å². The maximum atomic E-state index is 12.0. The van der Waals surface area contributed by atoms with Crippen molar-refractivity contribution in [3.8, 4) is 5.75 Å². The first-order chi connectivity index (χ1) is 7.70. The number of methoxy groups -OCH3 is 1. The van der Waals surface area contributed by atoms with E-state index < -0.39 is 0 Å². The molecule has 1 fully saturated rings. The largest absolute Gasteiger partial charge is 0.497 e. The van der Waals surface area contributed by atoms with E-state index in [-0.39, 0.29) is 24.4 Å². The van der Waals surface area contributed by atoms with E-state index in [1.54, 1.807) is 36.3 Å². The molecule has 1 amide bonds. The molecular weight excluding hydrogens is 240 g/mol. The molecule has 0 aromatic heterocycles. The highest BCUT2D eigenvalue weighted by molar-refractivity contribution is 5.94. The number of rotatable bonds is 2. The molecule has 1 heterocycles. The molecule has 0 unspecified atom stereocenters. The van der Waals surface area contributed by atoms with Crippen LogP contribution in [0.15, 0.2) is 24.3 Å². The zero-order valence-electron chi connectivity index (χ0n) is 9.76. The second kappa shape index (κ2) is 5.89. The molecule has 2 N–H and O–H groups in total. The number of likely N-dealkylation sites (tertiary alicyclic amines) is 1. The van der Waals surface area contributed by atoms with Gasteiger partial charge in [-0.2, -0.15) is 0 Å². The van der Waals surface area contributed by atoms with Crippen LogP contribution < -0.4 is 10.5 Å². The lowest BCUT2D eigenvalue weighted by atomic mass is 10.2. The van der Waals surface area contributed by atoms with E-state index in [9.17, 15) is 4.79 Å². The monoisotopic (exact) mass is 256 g/mol. The van der Waals surface area contributed by atoms with Crippen LogP contribution in [0.3, 0.4) is 0 Å². The van der Waals surface area contributed by atoms with Gasteiger partial charge in [0.05, 0.1) is 7.11 Å². The summed E-state index contributed by atoms with van der Waals surface area (Å²) in [6, 6.07) is 7.28. The van der Waals surface area contributed by atoms with Crippen molar-refractivity contribution < 1.29 is 9.53 Å². The molecule has 0 bridgehead atoms. The third kappa shape index (κ3) is 3.11. The van der Waals surface area contributed by atoms with Crippen molar-refractivity contribution in [2.75, 3.05) is 20.2 Å². The molecule has 5 heteroatoms. The van der Waals surface area contributed by atoms with Crippen LogP contribution in [0.4, 0.5) is 0 Å². The fourth-order valence-corrected chi connectivity index (χ4v) is 1.89. The summed E-state index contributed by atoms with van der Waals surface area (Å²) in [6.07, 6.45) is 0.891. The zero-order valence-corrected chi connectivity index (χ0v) is 10.6. The number of amides is 1. The Bertz CT molecular complexity index is 381. The summed E-state index contributed by atoms with van der Waals surface area (Å²) < 4.78 is 5.05. The second-order valence-corrected chi connectivity index (χ2v) is 4.03. The van der Waals surface area contributed by atoms with Gasteiger partial charge in [0.1, 0.15) is 5.75 Å². The minimum atomic E-state index is 0. The number of halogens is 1. The number of benzene rings is 1. The summed E-state index contributed by atoms with van der Waals surface area (Å²) in [7, 11) is 1.61. The third-order valence-electron chi connectivity index (χ3n) is 2.85. The average Bonchev–Trinajstić information content (AvgIpc) is 2.75. The third-order valence-corrected chi connectivity index (χ3v) is 2.85. The van der Waals surface area contributed by atoms with Gasteiger partial charge in [0.25, 0.3) is 5.91 Å². The molecule has 0 aliphatic carbocycles. The molecule has 1 aliphatic rings. The molecule has 1 saturated heterocycles. The van der Waals surface area contributed by atoms with Crippen molar-refractivity contribution in [1.29, 1.82) is 0 Å². The van der Waals surface area contributed by atoms with Crippen molar-refractivity contribution in [2.45, 2.75) is 12.5 Å². The van der Waals surface area contributed by atoms with Crippen molar-refractivity contribution in [1.82, 2.24) is 4.90 Å². The van der Waals surface area contributed by atoms with Gasteiger partial charge >= 0.3 is 0 Å². The molecule has 0 saturated carbocycles.